The molecule has 0 bridgehead atoms. The Bertz CT molecular complexity index is 574. The maximum absolute atomic E-state index is 6.31. The van der Waals surface area contributed by atoms with E-state index in [1.54, 1.807) is 0 Å². The van der Waals surface area contributed by atoms with Crippen LogP contribution in [0.5, 0.6) is 0 Å². The van der Waals surface area contributed by atoms with Crippen molar-refractivity contribution in [1.82, 2.24) is 10.2 Å². The number of aromatic nitrogens is 2. The molecule has 1 N–H and O–H groups in total. The summed E-state index contributed by atoms with van der Waals surface area (Å²) in [5.74, 6) is 0. The number of nitrogens with one attached hydrogen (secondary N) is 1. The van der Waals surface area contributed by atoms with Gasteiger partial charge in [-0.15, -0.1) is 0 Å². The van der Waals surface area contributed by atoms with Gasteiger partial charge in [0.05, 0.1) is 11.6 Å². The molecule has 19 heavy (non-hydrogen) atoms. The monoisotopic (exact) mass is 388 g/mol. The summed E-state index contributed by atoms with van der Waals surface area (Å²) in [5, 5.41) is 8.66. The minimum atomic E-state index is -1.11. The van der Waals surface area contributed by atoms with Crippen molar-refractivity contribution in [3.8, 4) is 0 Å². The summed E-state index contributed by atoms with van der Waals surface area (Å²) in [7, 11) is -1.11. The zero-order valence-corrected chi connectivity index (χ0v) is 15.4. The summed E-state index contributed by atoms with van der Waals surface area (Å²) in [4.78, 5) is 0. The molecule has 2 aromatic rings. The van der Waals surface area contributed by atoms with E-state index in [1.165, 1.54) is 10.9 Å². The molecule has 0 saturated heterocycles. The van der Waals surface area contributed by atoms with Crippen LogP contribution in [0.1, 0.15) is 32.4 Å². The third-order valence-electron chi connectivity index (χ3n) is 3.06. The number of benzene rings is 1. The molecule has 0 amide bonds. The molecule has 1 aromatic carbocycles. The molecular formula is C14H21IN2OSi. The number of halogens is 1. The van der Waals surface area contributed by atoms with Crippen LogP contribution in [0.2, 0.25) is 13.1 Å². The predicted octanol–water partition coefficient (Wildman–Crippen LogP) is 4.25. The van der Waals surface area contributed by atoms with Gasteiger partial charge < -0.3 is 4.43 Å². The van der Waals surface area contributed by atoms with Gasteiger partial charge in [-0.1, -0.05) is 39.0 Å². The van der Waals surface area contributed by atoms with Crippen LogP contribution in [0.3, 0.4) is 0 Å². The Balaban J connectivity index is 2.56. The zero-order valence-electron chi connectivity index (χ0n) is 12.1. The van der Waals surface area contributed by atoms with E-state index in [9.17, 15) is 0 Å². The van der Waals surface area contributed by atoms with E-state index in [0.717, 1.165) is 9.22 Å². The summed E-state index contributed by atoms with van der Waals surface area (Å²) >= 11 is 2.27. The fraction of sp³-hybridized carbons (Fsp3) is 0.500. The van der Waals surface area contributed by atoms with E-state index >= 15 is 0 Å². The highest BCUT2D eigenvalue weighted by atomic mass is 127. The lowest BCUT2D eigenvalue weighted by Gasteiger charge is -2.33. The van der Waals surface area contributed by atoms with Gasteiger partial charge in [0.15, 0.2) is 9.04 Å². The maximum atomic E-state index is 6.31. The molecule has 3 nitrogen and oxygen atoms in total. The van der Waals surface area contributed by atoms with Crippen LogP contribution in [-0.2, 0) is 4.43 Å². The second kappa shape index (κ2) is 5.53. The Kier molecular flexibility index (Phi) is 4.37. The molecule has 1 heterocycles. The van der Waals surface area contributed by atoms with E-state index in [1.807, 2.05) is 0 Å². The minimum Gasteiger partial charge on any atom is -0.413 e. The highest BCUT2D eigenvalue weighted by Gasteiger charge is 2.29. The number of nitrogens with zero attached hydrogens (tertiary/aromatic N) is 1. The normalized spacial score (nSPS) is 14.3. The van der Waals surface area contributed by atoms with Crippen molar-refractivity contribution < 1.29 is 4.43 Å². The van der Waals surface area contributed by atoms with Gasteiger partial charge in [0.2, 0.25) is 0 Å². The van der Waals surface area contributed by atoms with Crippen molar-refractivity contribution >= 4 is 42.5 Å². The van der Waals surface area contributed by atoms with Crippen molar-refractivity contribution in [3.05, 3.63) is 27.5 Å². The van der Waals surface area contributed by atoms with Crippen LogP contribution < -0.4 is 0 Å². The van der Waals surface area contributed by atoms with Gasteiger partial charge in [-0.2, -0.15) is 5.10 Å². The van der Waals surface area contributed by atoms with Crippen LogP contribution in [-0.4, -0.2) is 19.2 Å². The van der Waals surface area contributed by atoms with Crippen molar-refractivity contribution in [2.75, 3.05) is 0 Å². The van der Waals surface area contributed by atoms with Gasteiger partial charge >= 0.3 is 0 Å². The molecule has 0 aliphatic heterocycles. The molecule has 1 atom stereocenters. The topological polar surface area (TPSA) is 37.9 Å². The quantitative estimate of drug-likeness (QED) is 0.631. The van der Waals surface area contributed by atoms with Gasteiger partial charge in [0.25, 0.3) is 0 Å². The van der Waals surface area contributed by atoms with Gasteiger partial charge in [-0.05, 0) is 41.1 Å². The minimum absolute atomic E-state index is 0.0715. The molecule has 2 rings (SSSR count). The summed E-state index contributed by atoms with van der Waals surface area (Å²) in [6.45, 7) is 11.1. The first-order chi connectivity index (χ1) is 8.80. The van der Waals surface area contributed by atoms with Gasteiger partial charge in [-0.3, -0.25) is 5.10 Å². The van der Waals surface area contributed by atoms with Gasteiger partial charge in [-0.25, -0.2) is 0 Å². The van der Waals surface area contributed by atoms with Gasteiger partial charge in [0.1, 0.15) is 3.70 Å². The van der Waals surface area contributed by atoms with Crippen molar-refractivity contribution in [2.24, 2.45) is 5.41 Å². The summed E-state index contributed by atoms with van der Waals surface area (Å²) in [6.07, 6.45) is 0.110. The second-order valence-electron chi connectivity index (χ2n) is 6.22. The second-order valence-corrected chi connectivity index (χ2v) is 9.61. The number of rotatable bonds is 3. The first-order valence-electron chi connectivity index (χ1n) is 6.58. The first kappa shape index (κ1) is 15.0. The lowest BCUT2D eigenvalue weighted by Crippen LogP contribution is -2.26. The molecule has 0 fully saturated rings. The Morgan fingerprint density at radius 3 is 2.58 bits per heavy atom. The number of fused-ring (bicyclic) bond motifs is 1. The number of hydrogen-bond donors (Lipinski definition) is 1. The molecule has 0 radical (unpaired) electrons. The highest BCUT2D eigenvalue weighted by Crippen LogP contribution is 2.39. The third kappa shape index (κ3) is 3.20. The van der Waals surface area contributed by atoms with Crippen molar-refractivity contribution in [2.45, 2.75) is 40.0 Å². The summed E-state index contributed by atoms with van der Waals surface area (Å²) in [6, 6.07) is 6.36. The Hall–Kier alpha value is -0.403. The van der Waals surface area contributed by atoms with Crippen LogP contribution in [0.4, 0.5) is 0 Å². The highest BCUT2D eigenvalue weighted by molar-refractivity contribution is 14.1. The Labute approximate surface area is 130 Å². The largest absolute Gasteiger partial charge is 0.413 e. The third-order valence-corrected chi connectivity index (χ3v) is 4.70. The van der Waals surface area contributed by atoms with E-state index in [4.69, 9.17) is 4.43 Å². The average Bonchev–Trinajstić information content (AvgIpc) is 2.67. The van der Waals surface area contributed by atoms with E-state index in [0.29, 0.717) is 0 Å². The molecule has 0 aliphatic rings. The molecule has 1 aromatic heterocycles. The SMILES string of the molecule is C[SiH](C)OC(c1cccc2c(I)n[nH]c12)C(C)(C)C. The number of H-pyrrole nitrogens is 1. The smallest absolute Gasteiger partial charge is 0.171 e. The fourth-order valence-electron chi connectivity index (χ4n) is 2.27. The first-order valence-corrected chi connectivity index (χ1v) is 10.4. The maximum Gasteiger partial charge on any atom is 0.171 e. The number of hydrogen-bond acceptors (Lipinski definition) is 2. The zero-order chi connectivity index (χ0) is 14.2. The lowest BCUT2D eigenvalue weighted by atomic mass is 9.84. The summed E-state index contributed by atoms with van der Waals surface area (Å²) < 4.78 is 7.32. The molecule has 104 valence electrons. The lowest BCUT2D eigenvalue weighted by molar-refractivity contribution is 0.0877. The predicted molar refractivity (Wildman–Crippen MR) is 91.0 cm³/mol. The van der Waals surface area contributed by atoms with Crippen LogP contribution in [0, 0.1) is 9.12 Å². The molecule has 0 spiro atoms. The number of para-hydroxylation sites is 1. The van der Waals surface area contributed by atoms with Gasteiger partial charge in [0, 0.05) is 10.9 Å². The van der Waals surface area contributed by atoms with Crippen LogP contribution >= 0.6 is 22.6 Å². The van der Waals surface area contributed by atoms with Crippen LogP contribution in [0.15, 0.2) is 18.2 Å². The van der Waals surface area contributed by atoms with E-state index in [-0.39, 0.29) is 11.5 Å². The summed E-state index contributed by atoms with van der Waals surface area (Å²) in [5.41, 5.74) is 2.41. The molecule has 0 saturated carbocycles. The Morgan fingerprint density at radius 1 is 1.32 bits per heavy atom. The average molecular weight is 388 g/mol. The molecule has 0 aliphatic carbocycles. The fourth-order valence-corrected chi connectivity index (χ4v) is 3.94. The number of aromatic amines is 1. The van der Waals surface area contributed by atoms with Crippen LogP contribution in [0.25, 0.3) is 10.9 Å². The van der Waals surface area contributed by atoms with E-state index < -0.39 is 9.04 Å². The molecule has 5 heteroatoms. The van der Waals surface area contributed by atoms with E-state index in [2.05, 4.69) is 84.9 Å². The molecule has 1 unspecified atom stereocenters. The molecular weight excluding hydrogens is 367 g/mol. The standard InChI is InChI=1S/C14H21IN2OSi/c1-14(2,3)12(18-19(4)5)9-7-6-8-10-11(9)16-17-13(10)15/h6-8,12,19H,1-5H3,(H,16,17). The Morgan fingerprint density at radius 2 is 2.00 bits per heavy atom. The van der Waals surface area contributed by atoms with Crippen molar-refractivity contribution in [1.29, 1.82) is 0 Å². The van der Waals surface area contributed by atoms with Crippen molar-refractivity contribution in [3.63, 3.8) is 0 Å².